The monoisotopic (exact) mass is 460 g/mol. The number of rotatable bonds is 7. The lowest BCUT2D eigenvalue weighted by molar-refractivity contribution is -0.231. The van der Waals surface area contributed by atoms with Crippen molar-refractivity contribution in [2.75, 3.05) is 6.61 Å². The van der Waals surface area contributed by atoms with Gasteiger partial charge in [0.2, 0.25) is 0 Å². The Labute approximate surface area is 204 Å². The molecule has 0 aromatic rings. The van der Waals surface area contributed by atoms with Gasteiger partial charge in [0, 0.05) is 0 Å². The number of aliphatic hydroxyl groups is 1. The molecule has 0 aliphatic heterocycles. The third-order valence-electron chi connectivity index (χ3n) is 10.5. The fourth-order valence-electron chi connectivity index (χ4n) is 8.72. The Bertz CT molecular complexity index is 669. The van der Waals surface area contributed by atoms with Crippen LogP contribution in [0.2, 0.25) is 0 Å². The zero-order valence-electron chi connectivity index (χ0n) is 22.2. The van der Waals surface area contributed by atoms with Crippen LogP contribution >= 0.6 is 0 Å². The summed E-state index contributed by atoms with van der Waals surface area (Å²) in [6.45, 7) is 16.0. The van der Waals surface area contributed by atoms with Crippen LogP contribution in [0, 0.1) is 46.3 Å². The van der Waals surface area contributed by atoms with Gasteiger partial charge < -0.3 is 5.11 Å². The lowest BCUT2D eigenvalue weighted by Crippen LogP contribution is -2.50. The number of allylic oxidation sites excluding steroid dienone is 1. The molecule has 0 saturated heterocycles. The number of aliphatic hydroxyl groups excluding tert-OH is 1. The summed E-state index contributed by atoms with van der Waals surface area (Å²) < 4.78 is 0. The molecule has 4 aliphatic carbocycles. The first-order valence-electron chi connectivity index (χ1n) is 13.9. The smallest absolute Gasteiger partial charge is 0.0998 e. The van der Waals surface area contributed by atoms with Gasteiger partial charge in [0.1, 0.15) is 0 Å². The largest absolute Gasteiger partial charge is 0.393 e. The third-order valence-corrected chi connectivity index (χ3v) is 10.5. The van der Waals surface area contributed by atoms with Gasteiger partial charge in [0.25, 0.3) is 0 Å². The zero-order chi connectivity index (χ0) is 24.2. The highest BCUT2D eigenvalue weighted by molar-refractivity contribution is 5.25. The second-order valence-electron chi connectivity index (χ2n) is 12.8. The highest BCUT2D eigenvalue weighted by Gasteiger charge is 2.59. The highest BCUT2D eigenvalue weighted by Crippen LogP contribution is 2.67. The summed E-state index contributed by atoms with van der Waals surface area (Å²) in [6.07, 6.45) is 18.6. The molecule has 0 radical (unpaired) electrons. The van der Waals surface area contributed by atoms with Crippen molar-refractivity contribution in [3.05, 3.63) is 24.3 Å². The van der Waals surface area contributed by atoms with E-state index in [2.05, 4.69) is 52.2 Å². The lowest BCUT2D eigenvalue weighted by atomic mass is 9.47. The van der Waals surface area contributed by atoms with Crippen LogP contribution in [0.15, 0.2) is 24.3 Å². The second-order valence-corrected chi connectivity index (χ2v) is 12.8. The first-order valence-corrected chi connectivity index (χ1v) is 13.9. The van der Waals surface area contributed by atoms with Gasteiger partial charge in [-0.2, -0.15) is 0 Å². The molecule has 4 rings (SSSR count). The van der Waals surface area contributed by atoms with Gasteiger partial charge in [-0.15, -0.1) is 6.58 Å². The second kappa shape index (κ2) is 11.4. The molecular weight excluding hydrogens is 408 g/mol. The van der Waals surface area contributed by atoms with Crippen molar-refractivity contribution in [1.82, 2.24) is 0 Å². The summed E-state index contributed by atoms with van der Waals surface area (Å²) in [7, 11) is 0. The van der Waals surface area contributed by atoms with Crippen molar-refractivity contribution in [2.24, 2.45) is 46.3 Å². The topological polar surface area (TPSA) is 49.7 Å². The summed E-state index contributed by atoms with van der Waals surface area (Å²) in [4.78, 5) is 3.57. The minimum atomic E-state index is -0.0766. The van der Waals surface area contributed by atoms with Crippen molar-refractivity contribution in [1.29, 1.82) is 0 Å². The maximum atomic E-state index is 10.2. The van der Waals surface area contributed by atoms with Gasteiger partial charge >= 0.3 is 0 Å². The molecular formula is C30H52O3. The molecule has 0 aromatic heterocycles. The Morgan fingerprint density at radius 3 is 2.48 bits per heavy atom. The quantitative estimate of drug-likeness (QED) is 0.229. The Balaban J connectivity index is 0.000000555. The summed E-state index contributed by atoms with van der Waals surface area (Å²) in [5, 5.41) is 17.7. The minimum Gasteiger partial charge on any atom is -0.393 e. The van der Waals surface area contributed by atoms with E-state index in [1.165, 1.54) is 63.9 Å². The van der Waals surface area contributed by atoms with Crippen molar-refractivity contribution >= 4 is 0 Å². The van der Waals surface area contributed by atoms with Crippen molar-refractivity contribution < 1.29 is 15.3 Å². The Hall–Kier alpha value is -0.640. The molecule has 0 aromatic carbocycles. The van der Waals surface area contributed by atoms with E-state index in [4.69, 9.17) is 5.26 Å². The van der Waals surface area contributed by atoms with E-state index in [0.717, 1.165) is 48.3 Å². The predicted molar refractivity (Wildman–Crippen MR) is 138 cm³/mol. The summed E-state index contributed by atoms with van der Waals surface area (Å²) in [6, 6.07) is 0. The SMILES string of the molecule is C=CCOO.CC(C)CCC[C@@H](C)[C@H]1CC[C@H]2[C@@H]3CC=C4C[C@@H](O)CC[C@]4(C)[C@H]3CC[C@]12C. The van der Waals surface area contributed by atoms with Crippen LogP contribution in [0.5, 0.6) is 0 Å². The molecule has 0 unspecified atom stereocenters. The van der Waals surface area contributed by atoms with E-state index in [9.17, 15) is 5.11 Å². The molecule has 0 spiro atoms. The van der Waals surface area contributed by atoms with Crippen molar-refractivity contribution in [3.63, 3.8) is 0 Å². The fraction of sp³-hybridized carbons (Fsp3) is 0.867. The van der Waals surface area contributed by atoms with Gasteiger partial charge in [-0.25, -0.2) is 4.89 Å². The van der Waals surface area contributed by atoms with Crippen LogP contribution < -0.4 is 0 Å². The molecule has 3 heteroatoms. The Morgan fingerprint density at radius 2 is 1.85 bits per heavy atom. The average Bonchev–Trinajstić information content (AvgIpc) is 3.12. The number of hydrogen-bond donors (Lipinski definition) is 2. The lowest BCUT2D eigenvalue weighted by Gasteiger charge is -2.58. The van der Waals surface area contributed by atoms with Gasteiger partial charge in [-0.3, -0.25) is 5.26 Å². The molecule has 4 aliphatic rings. The van der Waals surface area contributed by atoms with Crippen LogP contribution in [0.1, 0.15) is 105 Å². The van der Waals surface area contributed by atoms with E-state index in [1.54, 1.807) is 5.57 Å². The van der Waals surface area contributed by atoms with E-state index >= 15 is 0 Å². The van der Waals surface area contributed by atoms with Crippen LogP contribution in [0.3, 0.4) is 0 Å². The van der Waals surface area contributed by atoms with Crippen LogP contribution in [-0.4, -0.2) is 23.1 Å². The molecule has 0 amide bonds. The first-order chi connectivity index (χ1) is 15.7. The average molecular weight is 461 g/mol. The molecule has 190 valence electrons. The molecule has 0 bridgehead atoms. The normalized spacial score (nSPS) is 40.6. The summed E-state index contributed by atoms with van der Waals surface area (Å²) in [5.74, 6) is 5.46. The van der Waals surface area contributed by atoms with Crippen molar-refractivity contribution in [2.45, 2.75) is 111 Å². The highest BCUT2D eigenvalue weighted by atomic mass is 17.1. The van der Waals surface area contributed by atoms with E-state index in [0.29, 0.717) is 10.8 Å². The van der Waals surface area contributed by atoms with Crippen LogP contribution in [-0.2, 0) is 4.89 Å². The molecule has 3 nitrogen and oxygen atoms in total. The van der Waals surface area contributed by atoms with E-state index in [-0.39, 0.29) is 12.7 Å². The number of fused-ring (bicyclic) bond motifs is 5. The summed E-state index contributed by atoms with van der Waals surface area (Å²) >= 11 is 0. The molecule has 33 heavy (non-hydrogen) atoms. The maximum absolute atomic E-state index is 10.2. The molecule has 0 heterocycles. The maximum Gasteiger partial charge on any atom is 0.0998 e. The zero-order valence-corrected chi connectivity index (χ0v) is 22.2. The fourth-order valence-corrected chi connectivity index (χ4v) is 8.72. The standard InChI is InChI=1S/C27H46O.C3H6O2/c1-18(2)7-6-8-19(3)23-11-12-24-22-10-9-20-17-21(28)13-15-26(20,4)25(22)14-16-27(23,24)5;1-2-3-5-4/h9,18-19,21-25,28H,6-8,10-17H2,1-5H3;2,4H,1,3H2/t19-,21+,22+,23-,24+,25+,26+,27-;/m1./s1. The first kappa shape index (κ1) is 27.0. The molecule has 3 saturated carbocycles. The van der Waals surface area contributed by atoms with Gasteiger partial charge in [-0.05, 0) is 97.7 Å². The van der Waals surface area contributed by atoms with Gasteiger partial charge in [0.15, 0.2) is 0 Å². The molecule has 3 fully saturated rings. The third kappa shape index (κ3) is 5.62. The Kier molecular flexibility index (Phi) is 9.31. The van der Waals surface area contributed by atoms with Crippen LogP contribution in [0.4, 0.5) is 0 Å². The van der Waals surface area contributed by atoms with Crippen LogP contribution in [0.25, 0.3) is 0 Å². The van der Waals surface area contributed by atoms with Crippen molar-refractivity contribution in [3.8, 4) is 0 Å². The van der Waals surface area contributed by atoms with Gasteiger partial charge in [0.05, 0.1) is 12.7 Å². The van der Waals surface area contributed by atoms with E-state index in [1.807, 2.05) is 0 Å². The molecule has 8 atom stereocenters. The predicted octanol–water partition coefficient (Wildman–Crippen LogP) is 8.05. The number of hydrogen-bond acceptors (Lipinski definition) is 3. The Morgan fingerprint density at radius 1 is 1.09 bits per heavy atom. The summed E-state index contributed by atoms with van der Waals surface area (Å²) in [5.41, 5.74) is 2.60. The van der Waals surface area contributed by atoms with E-state index < -0.39 is 0 Å². The van der Waals surface area contributed by atoms with Gasteiger partial charge in [-0.1, -0.05) is 71.6 Å². The minimum absolute atomic E-state index is 0.0766. The molecule has 2 N–H and O–H groups in total.